The number of rotatable bonds is 3. The third-order valence-electron chi connectivity index (χ3n) is 2.71. The van der Waals surface area contributed by atoms with Crippen molar-refractivity contribution in [2.45, 2.75) is 26.3 Å². The van der Waals surface area contributed by atoms with Gasteiger partial charge in [-0.1, -0.05) is 6.92 Å². The Bertz CT molecular complexity index is 457. The summed E-state index contributed by atoms with van der Waals surface area (Å²) in [6.45, 7) is 4.20. The first-order valence-electron chi connectivity index (χ1n) is 5.24. The molecule has 0 fully saturated rings. The van der Waals surface area contributed by atoms with Crippen molar-refractivity contribution >= 4 is 11.2 Å². The maximum Gasteiger partial charge on any atom is 0.178 e. The van der Waals surface area contributed by atoms with Crippen LogP contribution in [0.25, 0.3) is 11.2 Å². The molecule has 2 aromatic heterocycles. The van der Waals surface area contributed by atoms with Crippen LogP contribution < -0.4 is 5.32 Å². The molecule has 80 valence electrons. The SMILES string of the molecule is CCC(NC)c1nc2nccc(C)c2[nH]1. The lowest BCUT2D eigenvalue weighted by Crippen LogP contribution is -2.16. The third kappa shape index (κ3) is 1.72. The van der Waals surface area contributed by atoms with Crippen LogP contribution in [0, 0.1) is 6.92 Å². The van der Waals surface area contributed by atoms with Crippen molar-refractivity contribution in [2.75, 3.05) is 7.05 Å². The Morgan fingerprint density at radius 3 is 2.93 bits per heavy atom. The number of H-pyrrole nitrogens is 1. The van der Waals surface area contributed by atoms with Crippen molar-refractivity contribution in [2.24, 2.45) is 0 Å². The summed E-state index contributed by atoms with van der Waals surface area (Å²) in [4.78, 5) is 12.1. The highest BCUT2D eigenvalue weighted by molar-refractivity contribution is 5.74. The standard InChI is InChI=1S/C11H16N4/c1-4-8(12-3)10-14-9-7(2)5-6-13-11(9)15-10/h5-6,8,12H,4H2,1-3H3,(H,13,14,15). The second-order valence-corrected chi connectivity index (χ2v) is 3.70. The summed E-state index contributed by atoms with van der Waals surface area (Å²) in [7, 11) is 1.95. The fourth-order valence-electron chi connectivity index (χ4n) is 1.75. The van der Waals surface area contributed by atoms with Crippen molar-refractivity contribution in [3.8, 4) is 0 Å². The highest BCUT2D eigenvalue weighted by Gasteiger charge is 2.12. The first-order valence-corrected chi connectivity index (χ1v) is 5.24. The fraction of sp³-hybridized carbons (Fsp3) is 0.455. The van der Waals surface area contributed by atoms with Gasteiger partial charge in [-0.15, -0.1) is 0 Å². The van der Waals surface area contributed by atoms with Gasteiger partial charge < -0.3 is 10.3 Å². The predicted octanol–water partition coefficient (Wildman–Crippen LogP) is 1.94. The second kappa shape index (κ2) is 3.98. The molecule has 0 aromatic carbocycles. The molecule has 1 atom stereocenters. The Balaban J connectivity index is 2.51. The number of fused-ring (bicyclic) bond motifs is 1. The van der Waals surface area contributed by atoms with Gasteiger partial charge in [-0.3, -0.25) is 0 Å². The minimum atomic E-state index is 0.276. The summed E-state index contributed by atoms with van der Waals surface area (Å²) < 4.78 is 0. The number of aryl methyl sites for hydroxylation is 1. The molecule has 2 aromatic rings. The van der Waals surface area contributed by atoms with E-state index in [0.717, 1.165) is 23.4 Å². The topological polar surface area (TPSA) is 53.6 Å². The Labute approximate surface area is 89.1 Å². The number of aromatic nitrogens is 3. The van der Waals surface area contributed by atoms with E-state index in [1.807, 2.05) is 13.1 Å². The minimum Gasteiger partial charge on any atom is -0.339 e. The zero-order valence-electron chi connectivity index (χ0n) is 9.33. The molecular formula is C11H16N4. The van der Waals surface area contributed by atoms with E-state index < -0.39 is 0 Å². The molecule has 0 spiro atoms. The molecule has 0 saturated heterocycles. The van der Waals surface area contributed by atoms with Crippen molar-refractivity contribution in [3.05, 3.63) is 23.7 Å². The second-order valence-electron chi connectivity index (χ2n) is 3.70. The van der Waals surface area contributed by atoms with Crippen LogP contribution in [0.4, 0.5) is 0 Å². The van der Waals surface area contributed by atoms with Crippen LogP contribution in [0.2, 0.25) is 0 Å². The van der Waals surface area contributed by atoms with Gasteiger partial charge in [0, 0.05) is 6.20 Å². The molecular weight excluding hydrogens is 188 g/mol. The van der Waals surface area contributed by atoms with Crippen molar-refractivity contribution in [3.63, 3.8) is 0 Å². The average Bonchev–Trinajstić information content (AvgIpc) is 2.65. The largest absolute Gasteiger partial charge is 0.339 e. The highest BCUT2D eigenvalue weighted by atomic mass is 15.0. The van der Waals surface area contributed by atoms with Crippen LogP contribution in [0.15, 0.2) is 12.3 Å². The van der Waals surface area contributed by atoms with Crippen LogP contribution >= 0.6 is 0 Å². The smallest absolute Gasteiger partial charge is 0.178 e. The third-order valence-corrected chi connectivity index (χ3v) is 2.71. The van der Waals surface area contributed by atoms with Gasteiger partial charge in [0.05, 0.1) is 11.6 Å². The first-order chi connectivity index (χ1) is 7.26. The molecule has 0 aliphatic rings. The van der Waals surface area contributed by atoms with E-state index >= 15 is 0 Å². The van der Waals surface area contributed by atoms with Crippen molar-refractivity contribution < 1.29 is 0 Å². The first kappa shape index (κ1) is 10.1. The highest BCUT2D eigenvalue weighted by Crippen LogP contribution is 2.18. The molecule has 4 nitrogen and oxygen atoms in total. The van der Waals surface area contributed by atoms with Gasteiger partial charge in [-0.05, 0) is 32.0 Å². The summed E-state index contributed by atoms with van der Waals surface area (Å²) >= 11 is 0. The van der Waals surface area contributed by atoms with E-state index in [1.165, 1.54) is 5.56 Å². The Morgan fingerprint density at radius 1 is 1.53 bits per heavy atom. The lowest BCUT2D eigenvalue weighted by molar-refractivity contribution is 0.551. The van der Waals surface area contributed by atoms with Crippen LogP contribution in [0.5, 0.6) is 0 Å². The predicted molar refractivity (Wildman–Crippen MR) is 60.7 cm³/mol. The van der Waals surface area contributed by atoms with Gasteiger partial charge in [-0.2, -0.15) is 0 Å². The molecule has 0 amide bonds. The average molecular weight is 204 g/mol. The minimum absolute atomic E-state index is 0.276. The van der Waals surface area contributed by atoms with E-state index in [9.17, 15) is 0 Å². The maximum absolute atomic E-state index is 4.49. The van der Waals surface area contributed by atoms with E-state index in [1.54, 1.807) is 6.20 Å². The van der Waals surface area contributed by atoms with Gasteiger partial charge in [0.1, 0.15) is 5.82 Å². The summed E-state index contributed by atoms with van der Waals surface area (Å²) in [5, 5.41) is 3.23. The Hall–Kier alpha value is -1.42. The molecule has 0 radical (unpaired) electrons. The lowest BCUT2D eigenvalue weighted by atomic mass is 10.2. The Kier molecular flexibility index (Phi) is 2.68. The van der Waals surface area contributed by atoms with E-state index in [0.29, 0.717) is 0 Å². The van der Waals surface area contributed by atoms with Gasteiger partial charge >= 0.3 is 0 Å². The molecule has 0 aliphatic heterocycles. The van der Waals surface area contributed by atoms with E-state index in [2.05, 4.69) is 34.1 Å². The van der Waals surface area contributed by atoms with Crippen LogP contribution in [-0.4, -0.2) is 22.0 Å². The summed E-state index contributed by atoms with van der Waals surface area (Å²) in [5.74, 6) is 0.969. The van der Waals surface area contributed by atoms with Gasteiger partial charge in [0.15, 0.2) is 5.65 Å². The van der Waals surface area contributed by atoms with Gasteiger partial charge in [-0.25, -0.2) is 9.97 Å². The number of hydrogen-bond donors (Lipinski definition) is 2. The number of pyridine rings is 1. The number of imidazole rings is 1. The van der Waals surface area contributed by atoms with E-state index in [4.69, 9.17) is 0 Å². The van der Waals surface area contributed by atoms with E-state index in [-0.39, 0.29) is 6.04 Å². The number of hydrogen-bond acceptors (Lipinski definition) is 3. The molecule has 1 unspecified atom stereocenters. The molecule has 2 heterocycles. The molecule has 0 saturated carbocycles. The van der Waals surface area contributed by atoms with Gasteiger partial charge in [0.2, 0.25) is 0 Å². The normalized spacial score (nSPS) is 13.3. The van der Waals surface area contributed by atoms with Crippen LogP contribution in [0.3, 0.4) is 0 Å². The maximum atomic E-state index is 4.49. The molecule has 15 heavy (non-hydrogen) atoms. The number of nitrogens with zero attached hydrogens (tertiary/aromatic N) is 2. The number of aromatic amines is 1. The van der Waals surface area contributed by atoms with Crippen molar-refractivity contribution in [1.82, 2.24) is 20.3 Å². The zero-order valence-corrected chi connectivity index (χ0v) is 9.33. The summed E-state index contributed by atoms with van der Waals surface area (Å²) in [5.41, 5.74) is 3.03. The molecule has 4 heteroatoms. The fourth-order valence-corrected chi connectivity index (χ4v) is 1.75. The quantitative estimate of drug-likeness (QED) is 0.803. The van der Waals surface area contributed by atoms with Crippen LogP contribution in [0.1, 0.15) is 30.8 Å². The molecule has 0 bridgehead atoms. The number of nitrogens with one attached hydrogen (secondary N) is 2. The summed E-state index contributed by atoms with van der Waals surface area (Å²) in [6.07, 6.45) is 2.80. The summed E-state index contributed by atoms with van der Waals surface area (Å²) in [6, 6.07) is 2.27. The van der Waals surface area contributed by atoms with Crippen LogP contribution in [-0.2, 0) is 0 Å². The monoisotopic (exact) mass is 204 g/mol. The molecule has 0 aliphatic carbocycles. The van der Waals surface area contributed by atoms with Crippen molar-refractivity contribution in [1.29, 1.82) is 0 Å². The van der Waals surface area contributed by atoms with Gasteiger partial charge in [0.25, 0.3) is 0 Å². The lowest BCUT2D eigenvalue weighted by Gasteiger charge is -2.09. The zero-order chi connectivity index (χ0) is 10.8. The molecule has 2 rings (SSSR count). The Morgan fingerprint density at radius 2 is 2.33 bits per heavy atom. The molecule has 2 N–H and O–H groups in total.